The van der Waals surface area contributed by atoms with Crippen LogP contribution in [0.1, 0.15) is 103 Å². The largest absolute Gasteiger partial charge is 0.282 e. The van der Waals surface area contributed by atoms with Crippen molar-refractivity contribution in [1.29, 1.82) is 0 Å². The van der Waals surface area contributed by atoms with E-state index in [1.165, 1.54) is 69.1 Å². The van der Waals surface area contributed by atoms with Gasteiger partial charge in [-0.2, -0.15) is 0 Å². The quantitative estimate of drug-likeness (QED) is 0.0943. The second-order valence-electron chi connectivity index (χ2n) is 9.07. The summed E-state index contributed by atoms with van der Waals surface area (Å²) >= 11 is 6.48. The van der Waals surface area contributed by atoms with E-state index >= 15 is 0 Å². The standard InChI is InChI=1S/C28H42ClN2O2/c1-2-3-4-5-6-7-8-9-10-11-12-13-14-15-18-24(29)23-30-25-19-16-17-20-26(25)31-27(32)21-22-28(31)33/h13-14,16-17,19-20,24H,2-12,15,18,21-23H2,1H3/b14-13+. The third-order valence-electron chi connectivity index (χ3n) is 6.17. The third kappa shape index (κ3) is 10.8. The number of carbonyl (C=O) groups excluding carboxylic acids is 2. The van der Waals surface area contributed by atoms with Crippen molar-refractivity contribution in [1.82, 2.24) is 5.32 Å². The molecule has 0 aliphatic carbocycles. The van der Waals surface area contributed by atoms with Gasteiger partial charge < -0.3 is 0 Å². The van der Waals surface area contributed by atoms with Crippen molar-refractivity contribution in [2.75, 3.05) is 11.4 Å². The molecule has 1 aliphatic heterocycles. The number of anilines is 1. The fourth-order valence-electron chi connectivity index (χ4n) is 4.18. The van der Waals surface area contributed by atoms with Gasteiger partial charge in [0.1, 0.15) is 0 Å². The Hall–Kier alpha value is -1.81. The summed E-state index contributed by atoms with van der Waals surface area (Å²) in [5.74, 6) is -0.310. The minimum Gasteiger partial charge on any atom is -0.282 e. The Morgan fingerprint density at radius 2 is 1.45 bits per heavy atom. The summed E-state index contributed by atoms with van der Waals surface area (Å²) in [5, 5.41) is 4.54. The molecular formula is C28H42ClN2O2. The van der Waals surface area contributed by atoms with Gasteiger partial charge in [-0.05, 0) is 37.8 Å². The van der Waals surface area contributed by atoms with Crippen molar-refractivity contribution in [3.63, 3.8) is 0 Å². The van der Waals surface area contributed by atoms with Crippen LogP contribution < -0.4 is 10.2 Å². The van der Waals surface area contributed by atoms with Gasteiger partial charge in [0.05, 0.1) is 23.3 Å². The van der Waals surface area contributed by atoms with E-state index < -0.39 is 0 Å². The molecule has 0 bridgehead atoms. The normalized spacial score (nSPS) is 15.0. The zero-order valence-corrected chi connectivity index (χ0v) is 21.2. The van der Waals surface area contributed by atoms with Gasteiger partial charge in [0.25, 0.3) is 0 Å². The number of imide groups is 1. The van der Waals surface area contributed by atoms with Crippen LogP contribution in [0.2, 0.25) is 0 Å². The number of para-hydroxylation sites is 2. The van der Waals surface area contributed by atoms with E-state index in [1.54, 1.807) is 6.07 Å². The first kappa shape index (κ1) is 27.4. The maximum Gasteiger partial charge on any atom is 0.234 e. The molecule has 4 nitrogen and oxygen atoms in total. The van der Waals surface area contributed by atoms with E-state index in [-0.39, 0.29) is 30.0 Å². The fourth-order valence-corrected chi connectivity index (χ4v) is 4.38. The Morgan fingerprint density at radius 3 is 2.12 bits per heavy atom. The number of hydrogen-bond acceptors (Lipinski definition) is 2. The van der Waals surface area contributed by atoms with E-state index in [0.29, 0.717) is 17.9 Å². The highest BCUT2D eigenvalue weighted by molar-refractivity contribution is 6.21. The third-order valence-corrected chi connectivity index (χ3v) is 6.53. The van der Waals surface area contributed by atoms with Gasteiger partial charge in [-0.1, -0.05) is 89.0 Å². The molecule has 1 unspecified atom stereocenters. The first-order valence-electron chi connectivity index (χ1n) is 13.0. The smallest absolute Gasteiger partial charge is 0.234 e. The summed E-state index contributed by atoms with van der Waals surface area (Å²) in [7, 11) is 0. The predicted octanol–water partition coefficient (Wildman–Crippen LogP) is 7.83. The molecule has 1 fully saturated rings. The Bertz CT molecular complexity index is 718. The Kier molecular flexibility index (Phi) is 13.9. The minimum atomic E-state index is -0.155. The van der Waals surface area contributed by atoms with Crippen LogP contribution in [0.25, 0.3) is 0 Å². The molecule has 183 valence electrons. The molecule has 2 rings (SSSR count). The summed E-state index contributed by atoms with van der Waals surface area (Å²) in [6, 6.07) is 7.31. The summed E-state index contributed by atoms with van der Waals surface area (Å²) in [5.41, 5.74) is 1.23. The Balaban J connectivity index is 1.53. The lowest BCUT2D eigenvalue weighted by molar-refractivity contribution is -0.121. The number of alkyl halides is 1. The molecule has 1 aromatic rings. The molecule has 0 N–H and O–H groups in total. The number of hydrogen-bond donors (Lipinski definition) is 0. The van der Waals surface area contributed by atoms with Crippen LogP contribution in [0.4, 0.5) is 11.4 Å². The molecule has 0 aromatic heterocycles. The van der Waals surface area contributed by atoms with Crippen LogP contribution in [0.3, 0.4) is 0 Å². The number of carbonyl (C=O) groups is 2. The summed E-state index contributed by atoms with van der Waals surface area (Å²) < 4.78 is 0. The Morgan fingerprint density at radius 1 is 0.879 bits per heavy atom. The van der Waals surface area contributed by atoms with Crippen LogP contribution >= 0.6 is 11.6 Å². The van der Waals surface area contributed by atoms with E-state index in [9.17, 15) is 9.59 Å². The highest BCUT2D eigenvalue weighted by Gasteiger charge is 2.31. The number of allylic oxidation sites excluding steroid dienone is 2. The molecule has 1 atom stereocenters. The molecule has 1 aromatic carbocycles. The zero-order valence-electron chi connectivity index (χ0n) is 20.4. The molecular weight excluding hydrogens is 432 g/mol. The molecule has 1 heterocycles. The SMILES string of the molecule is CCCCCCCCCCCC/C=C/CCC(Cl)C[N]c1ccccc1N1C(=O)CCC1=O. The Labute approximate surface area is 206 Å². The molecule has 1 radical (unpaired) electrons. The topological polar surface area (TPSA) is 51.5 Å². The minimum absolute atomic E-state index is 0.0648. The molecule has 5 heteroatoms. The van der Waals surface area contributed by atoms with Crippen LogP contribution in [0.5, 0.6) is 0 Å². The van der Waals surface area contributed by atoms with Crippen LogP contribution in [-0.2, 0) is 9.59 Å². The van der Waals surface area contributed by atoms with Gasteiger partial charge in [-0.15, -0.1) is 11.6 Å². The van der Waals surface area contributed by atoms with Crippen molar-refractivity contribution in [3.8, 4) is 0 Å². The summed E-state index contributed by atoms with van der Waals surface area (Å²) in [6.07, 6.45) is 21.7. The van der Waals surface area contributed by atoms with Gasteiger partial charge in [-0.25, -0.2) is 4.90 Å². The van der Waals surface area contributed by atoms with Crippen LogP contribution in [0.15, 0.2) is 36.4 Å². The highest BCUT2D eigenvalue weighted by atomic mass is 35.5. The van der Waals surface area contributed by atoms with Crippen molar-refractivity contribution in [2.24, 2.45) is 0 Å². The molecule has 33 heavy (non-hydrogen) atoms. The molecule has 1 aliphatic rings. The van der Waals surface area contributed by atoms with E-state index in [1.807, 2.05) is 18.2 Å². The van der Waals surface area contributed by atoms with E-state index in [4.69, 9.17) is 11.6 Å². The van der Waals surface area contributed by atoms with Gasteiger partial charge >= 0.3 is 0 Å². The maximum atomic E-state index is 12.1. The second-order valence-corrected chi connectivity index (χ2v) is 9.69. The lowest BCUT2D eigenvalue weighted by atomic mass is 10.1. The van der Waals surface area contributed by atoms with Crippen molar-refractivity contribution >= 4 is 34.8 Å². The lowest BCUT2D eigenvalue weighted by Crippen LogP contribution is -2.29. The lowest BCUT2D eigenvalue weighted by Gasteiger charge is -2.18. The predicted molar refractivity (Wildman–Crippen MR) is 139 cm³/mol. The number of unbranched alkanes of at least 4 members (excludes halogenated alkanes) is 10. The number of nitrogens with zero attached hydrogens (tertiary/aromatic N) is 2. The average Bonchev–Trinajstić information content (AvgIpc) is 3.15. The first-order chi connectivity index (χ1) is 16.1. The van der Waals surface area contributed by atoms with Gasteiger partial charge in [-0.3, -0.25) is 14.9 Å². The zero-order chi connectivity index (χ0) is 23.7. The van der Waals surface area contributed by atoms with Gasteiger partial charge in [0, 0.05) is 12.8 Å². The summed E-state index contributed by atoms with van der Waals surface area (Å²) in [6.45, 7) is 2.74. The van der Waals surface area contributed by atoms with Crippen LogP contribution in [0, 0.1) is 0 Å². The fraction of sp³-hybridized carbons (Fsp3) is 0.643. The average molecular weight is 474 g/mol. The monoisotopic (exact) mass is 473 g/mol. The maximum absolute atomic E-state index is 12.1. The van der Waals surface area contributed by atoms with E-state index in [0.717, 1.165) is 19.3 Å². The number of rotatable bonds is 18. The van der Waals surface area contributed by atoms with Crippen molar-refractivity contribution in [2.45, 2.75) is 109 Å². The highest BCUT2D eigenvalue weighted by Crippen LogP contribution is 2.30. The molecule has 2 amide bonds. The number of halogens is 1. The van der Waals surface area contributed by atoms with Crippen LogP contribution in [-0.4, -0.2) is 23.7 Å². The number of amides is 2. The first-order valence-corrected chi connectivity index (χ1v) is 13.5. The summed E-state index contributed by atoms with van der Waals surface area (Å²) in [4.78, 5) is 25.4. The van der Waals surface area contributed by atoms with Gasteiger partial charge in [0.15, 0.2) is 0 Å². The van der Waals surface area contributed by atoms with Crippen molar-refractivity contribution in [3.05, 3.63) is 36.4 Å². The van der Waals surface area contributed by atoms with E-state index in [2.05, 4.69) is 24.4 Å². The van der Waals surface area contributed by atoms with Gasteiger partial charge in [0.2, 0.25) is 11.8 Å². The number of benzene rings is 1. The second kappa shape index (κ2) is 16.7. The molecule has 1 saturated heterocycles. The molecule has 0 saturated carbocycles. The molecule has 0 spiro atoms. The van der Waals surface area contributed by atoms with Crippen molar-refractivity contribution < 1.29 is 9.59 Å².